The zero-order valence-corrected chi connectivity index (χ0v) is 10.9. The largest absolute Gasteiger partial charge is 0.385 e. The van der Waals surface area contributed by atoms with Crippen LogP contribution in [-0.2, 0) is 6.54 Å². The number of hydrogen-bond acceptors (Lipinski definition) is 2. The molecule has 0 bridgehead atoms. The summed E-state index contributed by atoms with van der Waals surface area (Å²) in [6, 6.07) is 0. The molecule has 1 aromatic rings. The van der Waals surface area contributed by atoms with Gasteiger partial charge in [-0.3, -0.25) is 0 Å². The minimum atomic E-state index is -0.496. The van der Waals surface area contributed by atoms with E-state index in [9.17, 15) is 5.11 Å². The second-order valence-electron chi connectivity index (χ2n) is 5.45. The number of aliphatic hydroxyl groups excluding tert-OH is 1. The number of aromatic nitrogens is 2. The second-order valence-corrected chi connectivity index (χ2v) is 5.45. The lowest BCUT2D eigenvalue weighted by Gasteiger charge is -2.25. The first-order chi connectivity index (χ1) is 7.46. The Morgan fingerprint density at radius 2 is 2.06 bits per heavy atom. The van der Waals surface area contributed by atoms with Crippen molar-refractivity contribution in [1.29, 1.82) is 0 Å². The molecule has 0 aromatic carbocycles. The molecule has 1 rings (SSSR count). The van der Waals surface area contributed by atoms with E-state index in [1.54, 1.807) is 6.20 Å². The molecular weight excluding hydrogens is 200 g/mol. The Kier molecular flexibility index (Phi) is 4.54. The number of nitrogens with zero attached hydrogens (tertiary/aromatic N) is 2. The number of imidazole rings is 1. The number of rotatable bonds is 5. The van der Waals surface area contributed by atoms with E-state index in [4.69, 9.17) is 0 Å². The fraction of sp³-hybridized carbons (Fsp3) is 0.769. The van der Waals surface area contributed by atoms with Crippen LogP contribution in [0.15, 0.2) is 12.4 Å². The van der Waals surface area contributed by atoms with Gasteiger partial charge in [-0.15, -0.1) is 0 Å². The highest BCUT2D eigenvalue weighted by Gasteiger charge is 2.27. The molecule has 0 spiro atoms. The molecule has 0 aliphatic heterocycles. The van der Waals surface area contributed by atoms with Gasteiger partial charge in [-0.2, -0.15) is 0 Å². The molecule has 1 atom stereocenters. The van der Waals surface area contributed by atoms with Gasteiger partial charge in [-0.1, -0.05) is 40.5 Å². The lowest BCUT2D eigenvalue weighted by atomic mass is 9.88. The summed E-state index contributed by atoms with van der Waals surface area (Å²) in [4.78, 5) is 4.27. The van der Waals surface area contributed by atoms with E-state index in [1.807, 2.05) is 27.0 Å². The molecular formula is C13H24N2O. The lowest BCUT2D eigenvalue weighted by Crippen LogP contribution is -2.21. The molecule has 0 fully saturated rings. The van der Waals surface area contributed by atoms with Crippen LogP contribution in [0.4, 0.5) is 0 Å². The maximum atomic E-state index is 10.2. The highest BCUT2D eigenvalue weighted by molar-refractivity contribution is 5.00. The maximum Gasteiger partial charge on any atom is 0.138 e. The summed E-state index contributed by atoms with van der Waals surface area (Å²) in [6.07, 6.45) is 6.83. The Morgan fingerprint density at radius 1 is 1.38 bits per heavy atom. The highest BCUT2D eigenvalue weighted by atomic mass is 16.3. The van der Waals surface area contributed by atoms with E-state index in [-0.39, 0.29) is 5.41 Å². The Labute approximate surface area is 98.5 Å². The van der Waals surface area contributed by atoms with Crippen LogP contribution in [0.25, 0.3) is 0 Å². The highest BCUT2D eigenvalue weighted by Crippen LogP contribution is 2.31. The van der Waals surface area contributed by atoms with Crippen molar-refractivity contribution in [2.24, 2.45) is 5.41 Å². The van der Waals surface area contributed by atoms with Crippen molar-refractivity contribution in [2.75, 3.05) is 0 Å². The minimum Gasteiger partial charge on any atom is -0.385 e. The summed E-state index contributed by atoms with van der Waals surface area (Å²) < 4.78 is 2.07. The number of aryl methyl sites for hydroxylation is 1. The van der Waals surface area contributed by atoms with Gasteiger partial charge in [0.25, 0.3) is 0 Å². The molecule has 3 heteroatoms. The third kappa shape index (κ3) is 3.34. The summed E-state index contributed by atoms with van der Waals surface area (Å²) in [6.45, 7) is 9.24. The van der Waals surface area contributed by atoms with E-state index in [2.05, 4.69) is 16.5 Å². The first kappa shape index (κ1) is 13.2. The third-order valence-corrected chi connectivity index (χ3v) is 2.82. The van der Waals surface area contributed by atoms with Crippen molar-refractivity contribution in [1.82, 2.24) is 9.55 Å². The van der Waals surface area contributed by atoms with Gasteiger partial charge >= 0.3 is 0 Å². The Hall–Kier alpha value is -0.830. The Bertz CT molecular complexity index is 312. The van der Waals surface area contributed by atoms with Crippen LogP contribution in [0.1, 0.15) is 58.9 Å². The molecule has 1 heterocycles. The summed E-state index contributed by atoms with van der Waals surface area (Å²) >= 11 is 0. The van der Waals surface area contributed by atoms with Crippen molar-refractivity contribution in [2.45, 2.75) is 59.6 Å². The van der Waals surface area contributed by atoms with E-state index in [0.717, 1.165) is 18.8 Å². The van der Waals surface area contributed by atoms with Gasteiger partial charge in [0.2, 0.25) is 0 Å². The average molecular weight is 224 g/mol. The van der Waals surface area contributed by atoms with Gasteiger partial charge in [0.05, 0.1) is 0 Å². The van der Waals surface area contributed by atoms with E-state index in [0.29, 0.717) is 0 Å². The molecule has 1 unspecified atom stereocenters. The van der Waals surface area contributed by atoms with Gasteiger partial charge in [-0.25, -0.2) is 4.98 Å². The van der Waals surface area contributed by atoms with E-state index >= 15 is 0 Å². The molecule has 0 aliphatic carbocycles. The minimum absolute atomic E-state index is 0.159. The van der Waals surface area contributed by atoms with E-state index < -0.39 is 6.10 Å². The molecule has 0 radical (unpaired) electrons. The van der Waals surface area contributed by atoms with Crippen molar-refractivity contribution in [3.63, 3.8) is 0 Å². The number of hydrogen-bond donors (Lipinski definition) is 1. The van der Waals surface area contributed by atoms with Crippen LogP contribution < -0.4 is 0 Å². The average Bonchev–Trinajstić information content (AvgIpc) is 2.64. The van der Waals surface area contributed by atoms with Crippen LogP contribution >= 0.6 is 0 Å². The summed E-state index contributed by atoms with van der Waals surface area (Å²) in [7, 11) is 0. The first-order valence-corrected chi connectivity index (χ1v) is 6.16. The molecule has 0 aliphatic rings. The third-order valence-electron chi connectivity index (χ3n) is 2.82. The van der Waals surface area contributed by atoms with Crippen molar-refractivity contribution in [3.8, 4) is 0 Å². The van der Waals surface area contributed by atoms with Crippen LogP contribution in [-0.4, -0.2) is 14.7 Å². The first-order valence-electron chi connectivity index (χ1n) is 6.16. The van der Waals surface area contributed by atoms with Crippen LogP contribution in [0.2, 0.25) is 0 Å². The molecule has 16 heavy (non-hydrogen) atoms. The van der Waals surface area contributed by atoms with Crippen LogP contribution in [0.5, 0.6) is 0 Å². The molecule has 0 saturated heterocycles. The topological polar surface area (TPSA) is 38.0 Å². The monoisotopic (exact) mass is 224 g/mol. The van der Waals surface area contributed by atoms with Crippen molar-refractivity contribution >= 4 is 0 Å². The molecule has 0 saturated carbocycles. The normalized spacial score (nSPS) is 14.1. The zero-order valence-electron chi connectivity index (χ0n) is 10.9. The predicted octanol–water partition coefficient (Wildman–Crippen LogP) is 3.15. The Balaban J connectivity index is 2.70. The maximum absolute atomic E-state index is 10.2. The van der Waals surface area contributed by atoms with Gasteiger partial charge in [0.15, 0.2) is 0 Å². The van der Waals surface area contributed by atoms with Gasteiger partial charge in [-0.05, 0) is 11.8 Å². The zero-order chi connectivity index (χ0) is 12.2. The number of aliphatic hydroxyl groups is 1. The van der Waals surface area contributed by atoms with E-state index in [1.165, 1.54) is 12.8 Å². The molecule has 1 aromatic heterocycles. The summed E-state index contributed by atoms with van der Waals surface area (Å²) in [5, 5.41) is 10.2. The van der Waals surface area contributed by atoms with Crippen LogP contribution in [0, 0.1) is 5.41 Å². The van der Waals surface area contributed by atoms with Crippen molar-refractivity contribution < 1.29 is 5.11 Å². The fourth-order valence-corrected chi connectivity index (χ4v) is 1.68. The van der Waals surface area contributed by atoms with Gasteiger partial charge in [0.1, 0.15) is 11.9 Å². The Morgan fingerprint density at radius 3 is 2.62 bits per heavy atom. The van der Waals surface area contributed by atoms with Gasteiger partial charge < -0.3 is 9.67 Å². The molecule has 0 amide bonds. The molecule has 92 valence electrons. The SMILES string of the molecule is CCCCCn1ccnc1C(O)C(C)(C)C. The molecule has 1 N–H and O–H groups in total. The quantitative estimate of drug-likeness (QED) is 0.780. The lowest BCUT2D eigenvalue weighted by molar-refractivity contribution is 0.0516. The second kappa shape index (κ2) is 5.48. The fourth-order valence-electron chi connectivity index (χ4n) is 1.68. The summed E-state index contributed by atoms with van der Waals surface area (Å²) in [5.74, 6) is 0.795. The predicted molar refractivity (Wildman–Crippen MR) is 66.2 cm³/mol. The smallest absolute Gasteiger partial charge is 0.138 e. The van der Waals surface area contributed by atoms with Crippen molar-refractivity contribution in [3.05, 3.63) is 18.2 Å². The summed E-state index contributed by atoms with van der Waals surface area (Å²) in [5.41, 5.74) is -0.159. The van der Waals surface area contributed by atoms with Crippen LogP contribution in [0.3, 0.4) is 0 Å². The molecule has 3 nitrogen and oxygen atoms in total. The number of unbranched alkanes of at least 4 members (excludes halogenated alkanes) is 2. The standard InChI is InChI=1S/C13H24N2O/c1-5-6-7-9-15-10-8-14-12(15)11(16)13(2,3)4/h8,10-11,16H,5-7,9H2,1-4H3. The van der Waals surface area contributed by atoms with Gasteiger partial charge in [0, 0.05) is 18.9 Å².